The Bertz CT molecular complexity index is 1280. The van der Waals surface area contributed by atoms with Crippen LogP contribution in [0.25, 0.3) is 16.6 Å². The van der Waals surface area contributed by atoms with Crippen molar-refractivity contribution in [2.45, 2.75) is 26.8 Å². The van der Waals surface area contributed by atoms with Crippen molar-refractivity contribution < 1.29 is 14.0 Å². The van der Waals surface area contributed by atoms with Gasteiger partial charge >= 0.3 is 0 Å². The first-order valence-corrected chi connectivity index (χ1v) is 10.5. The molecular formula is C24H25FN4O3. The second-order valence-corrected chi connectivity index (χ2v) is 7.73. The SMILES string of the molecule is CCc1nc2ccc(CN3CC=C(c4ccc(C(=O)NC)c(C)c4)CO3)c(F)c2[nH]c1=O. The number of amides is 1. The first kappa shape index (κ1) is 21.9. The number of H-pyrrole nitrogens is 1. The van der Waals surface area contributed by atoms with Crippen molar-refractivity contribution in [1.29, 1.82) is 0 Å². The van der Waals surface area contributed by atoms with Crippen molar-refractivity contribution in [1.82, 2.24) is 20.3 Å². The number of hydrogen-bond donors (Lipinski definition) is 2. The van der Waals surface area contributed by atoms with E-state index < -0.39 is 5.82 Å². The van der Waals surface area contributed by atoms with E-state index in [4.69, 9.17) is 4.84 Å². The summed E-state index contributed by atoms with van der Waals surface area (Å²) in [7, 11) is 1.61. The van der Waals surface area contributed by atoms with Gasteiger partial charge in [-0.3, -0.25) is 14.4 Å². The highest BCUT2D eigenvalue weighted by Crippen LogP contribution is 2.24. The maximum absolute atomic E-state index is 15.0. The highest BCUT2D eigenvalue weighted by molar-refractivity contribution is 5.95. The summed E-state index contributed by atoms with van der Waals surface area (Å²) in [5, 5.41) is 4.31. The van der Waals surface area contributed by atoms with Gasteiger partial charge in [-0.15, -0.1) is 0 Å². The molecule has 0 fully saturated rings. The largest absolute Gasteiger partial charge is 0.355 e. The Morgan fingerprint density at radius 1 is 1.31 bits per heavy atom. The Balaban J connectivity index is 1.51. The predicted molar refractivity (Wildman–Crippen MR) is 121 cm³/mol. The Morgan fingerprint density at radius 3 is 2.78 bits per heavy atom. The van der Waals surface area contributed by atoms with Gasteiger partial charge in [0.1, 0.15) is 11.2 Å². The summed E-state index contributed by atoms with van der Waals surface area (Å²) in [6.07, 6.45) is 2.52. The third-order valence-corrected chi connectivity index (χ3v) is 5.65. The number of nitrogens with zero attached hydrogens (tertiary/aromatic N) is 2. The van der Waals surface area contributed by atoms with Gasteiger partial charge in [0.2, 0.25) is 0 Å². The van der Waals surface area contributed by atoms with Gasteiger partial charge in [0, 0.05) is 24.7 Å². The van der Waals surface area contributed by atoms with Crippen molar-refractivity contribution in [2.24, 2.45) is 0 Å². The maximum atomic E-state index is 15.0. The third kappa shape index (κ3) is 4.19. The zero-order chi connectivity index (χ0) is 22.8. The van der Waals surface area contributed by atoms with Gasteiger partial charge in [0.15, 0.2) is 5.82 Å². The lowest BCUT2D eigenvalue weighted by Gasteiger charge is -2.26. The molecule has 0 aliphatic carbocycles. The Labute approximate surface area is 184 Å². The molecule has 0 spiro atoms. The van der Waals surface area contributed by atoms with Crippen LogP contribution in [0.4, 0.5) is 4.39 Å². The maximum Gasteiger partial charge on any atom is 0.270 e. The number of rotatable bonds is 5. The summed E-state index contributed by atoms with van der Waals surface area (Å²) < 4.78 is 15.0. The number of halogens is 1. The number of hydroxylamine groups is 2. The third-order valence-electron chi connectivity index (χ3n) is 5.65. The van der Waals surface area contributed by atoms with Crippen molar-refractivity contribution in [3.8, 4) is 0 Å². The molecule has 0 saturated heterocycles. The van der Waals surface area contributed by atoms with Crippen LogP contribution in [0.3, 0.4) is 0 Å². The number of aryl methyl sites for hydroxylation is 2. The van der Waals surface area contributed by atoms with Crippen LogP contribution in [0, 0.1) is 12.7 Å². The summed E-state index contributed by atoms with van der Waals surface area (Å²) in [5.41, 5.74) is 4.51. The van der Waals surface area contributed by atoms with E-state index in [9.17, 15) is 9.59 Å². The molecule has 0 atom stereocenters. The van der Waals surface area contributed by atoms with Crippen molar-refractivity contribution in [2.75, 3.05) is 20.2 Å². The molecule has 166 valence electrons. The summed E-state index contributed by atoms with van der Waals surface area (Å²) >= 11 is 0. The molecule has 2 heterocycles. The highest BCUT2D eigenvalue weighted by Gasteiger charge is 2.19. The molecule has 0 radical (unpaired) electrons. The van der Waals surface area contributed by atoms with Gasteiger partial charge in [-0.05, 0) is 42.2 Å². The molecule has 0 saturated carbocycles. The zero-order valence-electron chi connectivity index (χ0n) is 18.3. The van der Waals surface area contributed by atoms with E-state index in [-0.39, 0.29) is 23.5 Å². The van der Waals surface area contributed by atoms with Crippen LogP contribution in [-0.4, -0.2) is 41.1 Å². The molecule has 32 heavy (non-hydrogen) atoms. The molecule has 0 unspecified atom stereocenters. The Morgan fingerprint density at radius 2 is 2.12 bits per heavy atom. The van der Waals surface area contributed by atoms with Crippen LogP contribution in [0.5, 0.6) is 0 Å². The fourth-order valence-corrected chi connectivity index (χ4v) is 3.80. The second-order valence-electron chi connectivity index (χ2n) is 7.73. The number of nitrogens with one attached hydrogen (secondary N) is 2. The van der Waals surface area contributed by atoms with E-state index in [2.05, 4.69) is 15.3 Å². The topological polar surface area (TPSA) is 87.3 Å². The number of carbonyl (C=O) groups is 1. The fraction of sp³-hybridized carbons (Fsp3) is 0.292. The lowest BCUT2D eigenvalue weighted by Crippen LogP contribution is -2.29. The number of benzene rings is 2. The summed E-state index contributed by atoms with van der Waals surface area (Å²) in [4.78, 5) is 36.6. The zero-order valence-corrected chi connectivity index (χ0v) is 18.3. The van der Waals surface area contributed by atoms with Gasteiger partial charge < -0.3 is 10.3 Å². The van der Waals surface area contributed by atoms with Crippen LogP contribution >= 0.6 is 0 Å². The number of hydrogen-bond acceptors (Lipinski definition) is 5. The van der Waals surface area contributed by atoms with E-state index >= 15 is 4.39 Å². The molecule has 2 N–H and O–H groups in total. The lowest BCUT2D eigenvalue weighted by atomic mass is 9.99. The van der Waals surface area contributed by atoms with Crippen LogP contribution in [0.15, 0.2) is 41.2 Å². The average molecular weight is 436 g/mol. The Kier molecular flexibility index (Phi) is 6.16. The first-order valence-electron chi connectivity index (χ1n) is 10.5. The number of aromatic nitrogens is 2. The molecule has 1 amide bonds. The Hall–Kier alpha value is -3.36. The molecular weight excluding hydrogens is 411 g/mol. The van der Waals surface area contributed by atoms with Crippen molar-refractivity contribution >= 4 is 22.5 Å². The minimum Gasteiger partial charge on any atom is -0.355 e. The van der Waals surface area contributed by atoms with Crippen LogP contribution in [-0.2, 0) is 17.8 Å². The van der Waals surface area contributed by atoms with Gasteiger partial charge in [0.25, 0.3) is 11.5 Å². The highest BCUT2D eigenvalue weighted by atomic mass is 19.1. The lowest BCUT2D eigenvalue weighted by molar-refractivity contribution is -0.151. The minimum absolute atomic E-state index is 0.115. The van der Waals surface area contributed by atoms with E-state index in [0.29, 0.717) is 41.9 Å². The summed E-state index contributed by atoms with van der Waals surface area (Å²) in [6.45, 7) is 4.79. The quantitative estimate of drug-likeness (QED) is 0.642. The smallest absolute Gasteiger partial charge is 0.270 e. The number of aromatic amines is 1. The molecule has 3 aromatic rings. The number of fused-ring (bicyclic) bond motifs is 1. The summed E-state index contributed by atoms with van der Waals surface area (Å²) in [5.74, 6) is -0.609. The van der Waals surface area contributed by atoms with Gasteiger partial charge in [-0.25, -0.2) is 9.37 Å². The monoisotopic (exact) mass is 436 g/mol. The average Bonchev–Trinajstić information content (AvgIpc) is 2.81. The standard InChI is InChI=1S/C24H25FN4O3/c1-4-19-24(31)28-22-20(27-19)8-6-16(21(22)25)12-29-10-9-17(13-32-29)15-5-7-18(14(2)11-15)23(30)26-3/h5-9,11H,4,10,12-13H2,1-3H3,(H,26,30)(H,28,31). The van der Waals surface area contributed by atoms with Crippen molar-refractivity contribution in [3.63, 3.8) is 0 Å². The molecule has 1 aromatic heterocycles. The van der Waals surface area contributed by atoms with E-state index in [1.807, 2.05) is 32.1 Å². The first-order chi connectivity index (χ1) is 15.4. The van der Waals surface area contributed by atoms with E-state index in [0.717, 1.165) is 16.7 Å². The van der Waals surface area contributed by atoms with Gasteiger partial charge in [-0.2, -0.15) is 5.06 Å². The van der Waals surface area contributed by atoms with Gasteiger partial charge in [0.05, 0.1) is 18.7 Å². The van der Waals surface area contributed by atoms with Crippen LogP contribution in [0.1, 0.15) is 39.7 Å². The second kappa shape index (κ2) is 9.02. The minimum atomic E-state index is -0.492. The molecule has 1 aliphatic heterocycles. The summed E-state index contributed by atoms with van der Waals surface area (Å²) in [6, 6.07) is 9.06. The number of carbonyl (C=O) groups excluding carboxylic acids is 1. The molecule has 4 rings (SSSR count). The predicted octanol–water partition coefficient (Wildman–Crippen LogP) is 3.12. The molecule has 7 nitrogen and oxygen atoms in total. The fourth-order valence-electron chi connectivity index (χ4n) is 3.80. The van der Waals surface area contributed by atoms with Crippen LogP contribution < -0.4 is 10.9 Å². The van der Waals surface area contributed by atoms with Crippen LogP contribution in [0.2, 0.25) is 0 Å². The molecule has 1 aliphatic rings. The molecule has 0 bridgehead atoms. The molecule has 2 aromatic carbocycles. The van der Waals surface area contributed by atoms with E-state index in [1.165, 1.54) is 0 Å². The normalized spacial score (nSPS) is 14.4. The van der Waals surface area contributed by atoms with E-state index in [1.54, 1.807) is 30.3 Å². The van der Waals surface area contributed by atoms with Gasteiger partial charge in [-0.1, -0.05) is 31.2 Å². The molecule has 8 heteroatoms. The van der Waals surface area contributed by atoms with Crippen molar-refractivity contribution in [3.05, 3.63) is 80.5 Å².